The maximum Gasteiger partial charge on any atom is 0.273 e. The second kappa shape index (κ2) is 4.30. The molecule has 2 rings (SSSR count). The molecule has 1 amide bonds. The molecule has 0 bridgehead atoms. The van der Waals surface area contributed by atoms with Crippen molar-refractivity contribution in [3.8, 4) is 0 Å². The first-order valence-electron chi connectivity index (χ1n) is 5.20. The number of carbonyl (C=O) groups is 1. The number of rotatable bonds is 3. The van der Waals surface area contributed by atoms with E-state index < -0.39 is 15.0 Å². The molecule has 8 heteroatoms. The average molecular weight is 278 g/mol. The van der Waals surface area contributed by atoms with Crippen molar-refractivity contribution >= 4 is 25.6 Å². The van der Waals surface area contributed by atoms with E-state index in [2.05, 4.69) is 15.5 Å². The Bertz CT molecular complexity index is 548. The van der Waals surface area contributed by atoms with Gasteiger partial charge < -0.3 is 5.32 Å². The summed E-state index contributed by atoms with van der Waals surface area (Å²) in [5, 5.41) is 8.87. The Kier molecular flexibility index (Phi) is 3.13. The number of hydrogen-bond donors (Lipinski definition) is 2. The minimum Gasteiger partial charge on any atom is -0.348 e. The van der Waals surface area contributed by atoms with Crippen molar-refractivity contribution in [3.63, 3.8) is 0 Å². The fourth-order valence-corrected chi connectivity index (χ4v) is 3.02. The second-order valence-corrected chi connectivity index (χ2v) is 6.57. The lowest BCUT2D eigenvalue weighted by Crippen LogP contribution is -2.40. The number of nitrogens with zero attached hydrogens (tertiary/aromatic N) is 1. The van der Waals surface area contributed by atoms with E-state index in [-0.39, 0.29) is 22.3 Å². The highest BCUT2D eigenvalue weighted by Gasteiger charge is 2.29. The van der Waals surface area contributed by atoms with E-state index >= 15 is 0 Å². The Morgan fingerprint density at radius 3 is 2.65 bits per heavy atom. The molecular formula is C9H12ClN3O3S. The third kappa shape index (κ3) is 2.44. The molecule has 0 spiro atoms. The van der Waals surface area contributed by atoms with Crippen LogP contribution in [0.5, 0.6) is 0 Å². The fraction of sp³-hybridized carbons (Fsp3) is 0.556. The Balaban J connectivity index is 2.29. The minimum atomic E-state index is -3.97. The second-order valence-electron chi connectivity index (χ2n) is 4.07. The van der Waals surface area contributed by atoms with E-state index in [0.717, 1.165) is 19.3 Å². The van der Waals surface area contributed by atoms with Gasteiger partial charge >= 0.3 is 0 Å². The summed E-state index contributed by atoms with van der Waals surface area (Å²) in [7, 11) is 1.30. The zero-order valence-electron chi connectivity index (χ0n) is 9.16. The Labute approximate surface area is 103 Å². The topological polar surface area (TPSA) is 91.9 Å². The van der Waals surface area contributed by atoms with E-state index in [9.17, 15) is 13.2 Å². The molecule has 0 atom stereocenters. The van der Waals surface area contributed by atoms with Crippen LogP contribution in [0.1, 0.15) is 35.4 Å². The van der Waals surface area contributed by atoms with Gasteiger partial charge in [0.05, 0.1) is 5.69 Å². The van der Waals surface area contributed by atoms with Crippen LogP contribution in [0.15, 0.2) is 4.90 Å². The van der Waals surface area contributed by atoms with Gasteiger partial charge in [-0.05, 0) is 26.2 Å². The van der Waals surface area contributed by atoms with Crippen molar-refractivity contribution in [2.24, 2.45) is 0 Å². The molecule has 1 aromatic heterocycles. The van der Waals surface area contributed by atoms with E-state index in [0.29, 0.717) is 0 Å². The SMILES string of the molecule is Cc1[nH]nc(C(=O)NC2CCC2)c1S(=O)(=O)Cl. The molecule has 1 heterocycles. The van der Waals surface area contributed by atoms with Gasteiger partial charge in [0.1, 0.15) is 4.90 Å². The highest BCUT2D eigenvalue weighted by Crippen LogP contribution is 2.23. The molecule has 2 N–H and O–H groups in total. The first-order valence-corrected chi connectivity index (χ1v) is 7.51. The molecule has 1 fully saturated rings. The van der Waals surface area contributed by atoms with Crippen molar-refractivity contribution in [2.45, 2.75) is 37.1 Å². The summed E-state index contributed by atoms with van der Waals surface area (Å²) in [6.45, 7) is 1.50. The number of amides is 1. The van der Waals surface area contributed by atoms with Crippen LogP contribution in [-0.4, -0.2) is 30.6 Å². The third-order valence-electron chi connectivity index (χ3n) is 2.79. The molecule has 1 saturated carbocycles. The fourth-order valence-electron chi connectivity index (χ4n) is 1.68. The zero-order valence-corrected chi connectivity index (χ0v) is 10.7. The van der Waals surface area contributed by atoms with Gasteiger partial charge in [-0.1, -0.05) is 0 Å². The highest BCUT2D eigenvalue weighted by molar-refractivity contribution is 8.13. The monoisotopic (exact) mass is 277 g/mol. The zero-order chi connectivity index (χ0) is 12.6. The largest absolute Gasteiger partial charge is 0.348 e. The highest BCUT2D eigenvalue weighted by atomic mass is 35.7. The summed E-state index contributed by atoms with van der Waals surface area (Å²) in [5.74, 6) is -0.502. The summed E-state index contributed by atoms with van der Waals surface area (Å²) in [5.41, 5.74) is 0.100. The van der Waals surface area contributed by atoms with Crippen LogP contribution in [0, 0.1) is 6.92 Å². The van der Waals surface area contributed by atoms with Crippen LogP contribution in [0.3, 0.4) is 0 Å². The van der Waals surface area contributed by atoms with Crippen LogP contribution < -0.4 is 5.32 Å². The van der Waals surface area contributed by atoms with E-state index in [4.69, 9.17) is 10.7 Å². The van der Waals surface area contributed by atoms with Crippen LogP contribution in [0.25, 0.3) is 0 Å². The van der Waals surface area contributed by atoms with Gasteiger partial charge in [-0.15, -0.1) is 0 Å². The van der Waals surface area contributed by atoms with Gasteiger partial charge in [0.15, 0.2) is 5.69 Å². The summed E-state index contributed by atoms with van der Waals surface area (Å²) >= 11 is 0. The van der Waals surface area contributed by atoms with E-state index in [1.807, 2.05) is 0 Å². The molecule has 0 radical (unpaired) electrons. The number of H-pyrrole nitrogens is 1. The van der Waals surface area contributed by atoms with Crippen molar-refractivity contribution in [2.75, 3.05) is 0 Å². The molecule has 94 valence electrons. The van der Waals surface area contributed by atoms with Crippen molar-refractivity contribution < 1.29 is 13.2 Å². The van der Waals surface area contributed by atoms with Gasteiger partial charge in [-0.25, -0.2) is 8.42 Å². The van der Waals surface area contributed by atoms with Gasteiger partial charge in [-0.2, -0.15) is 5.10 Å². The molecule has 1 aliphatic rings. The molecule has 0 unspecified atom stereocenters. The lowest BCUT2D eigenvalue weighted by molar-refractivity contribution is 0.0908. The number of aromatic amines is 1. The number of hydrogen-bond acceptors (Lipinski definition) is 4. The summed E-state index contributed by atoms with van der Waals surface area (Å²) in [4.78, 5) is 11.6. The van der Waals surface area contributed by atoms with E-state index in [1.165, 1.54) is 6.92 Å². The summed E-state index contributed by atoms with van der Waals surface area (Å²) < 4.78 is 22.7. The van der Waals surface area contributed by atoms with Crippen LogP contribution >= 0.6 is 10.7 Å². The van der Waals surface area contributed by atoms with Crippen molar-refractivity contribution in [1.29, 1.82) is 0 Å². The minimum absolute atomic E-state index is 0.116. The molecule has 0 saturated heterocycles. The first kappa shape index (κ1) is 12.4. The van der Waals surface area contributed by atoms with Crippen molar-refractivity contribution in [1.82, 2.24) is 15.5 Å². The normalized spacial score (nSPS) is 16.6. The predicted molar refractivity (Wildman–Crippen MR) is 61.5 cm³/mol. The summed E-state index contributed by atoms with van der Waals surface area (Å²) in [6.07, 6.45) is 2.90. The van der Waals surface area contributed by atoms with Crippen molar-refractivity contribution in [3.05, 3.63) is 11.4 Å². The molecule has 1 aliphatic carbocycles. The number of halogens is 1. The maximum atomic E-state index is 11.8. The number of carbonyl (C=O) groups excluding carboxylic acids is 1. The number of aromatic nitrogens is 2. The average Bonchev–Trinajstić information content (AvgIpc) is 2.52. The Morgan fingerprint density at radius 2 is 2.18 bits per heavy atom. The molecule has 0 aromatic carbocycles. The number of nitrogens with one attached hydrogen (secondary N) is 2. The van der Waals surface area contributed by atoms with E-state index in [1.54, 1.807) is 0 Å². The maximum absolute atomic E-state index is 11.8. The standard InChI is InChI=1S/C9H12ClN3O3S/c1-5-8(17(10,15)16)7(13-12-5)9(14)11-6-3-2-4-6/h6H,2-4H2,1H3,(H,11,14)(H,12,13). The Morgan fingerprint density at radius 1 is 1.53 bits per heavy atom. The smallest absolute Gasteiger partial charge is 0.273 e. The van der Waals surface area contributed by atoms with Crippen LogP contribution in [-0.2, 0) is 9.05 Å². The quantitative estimate of drug-likeness (QED) is 0.804. The molecular weight excluding hydrogens is 266 g/mol. The lowest BCUT2D eigenvalue weighted by atomic mass is 9.93. The van der Waals surface area contributed by atoms with Gasteiger partial charge in [-0.3, -0.25) is 9.89 Å². The van der Waals surface area contributed by atoms with Crippen LogP contribution in [0.4, 0.5) is 0 Å². The third-order valence-corrected chi connectivity index (χ3v) is 4.24. The number of aryl methyl sites for hydroxylation is 1. The molecule has 6 nitrogen and oxygen atoms in total. The predicted octanol–water partition coefficient (Wildman–Crippen LogP) is 0.928. The van der Waals surface area contributed by atoms with Crippen LogP contribution in [0.2, 0.25) is 0 Å². The van der Waals surface area contributed by atoms with Gasteiger partial charge in [0.25, 0.3) is 15.0 Å². The van der Waals surface area contributed by atoms with Gasteiger partial charge in [0, 0.05) is 16.7 Å². The molecule has 0 aliphatic heterocycles. The Hall–Kier alpha value is -1.08. The molecule has 17 heavy (non-hydrogen) atoms. The summed E-state index contributed by atoms with van der Waals surface area (Å²) in [6, 6.07) is 0.116. The first-order chi connectivity index (χ1) is 7.89. The molecule has 1 aromatic rings. The van der Waals surface area contributed by atoms with Gasteiger partial charge in [0.2, 0.25) is 0 Å². The lowest BCUT2D eigenvalue weighted by Gasteiger charge is -2.25.